The van der Waals surface area contributed by atoms with Crippen LogP contribution in [0.25, 0.3) is 0 Å². The average molecular weight is 469 g/mol. The van der Waals surface area contributed by atoms with Crippen molar-refractivity contribution in [3.05, 3.63) is 75.4 Å². The molecule has 1 atom stereocenters. The average Bonchev–Trinajstić information content (AvgIpc) is 2.68. The summed E-state index contributed by atoms with van der Waals surface area (Å²) in [4.78, 5) is 25.0. The number of urea groups is 1. The Morgan fingerprint density at radius 1 is 1.03 bits per heavy atom. The Hall–Kier alpha value is -2.55. The fourth-order valence-electron chi connectivity index (χ4n) is 3.00. The van der Waals surface area contributed by atoms with E-state index in [0.29, 0.717) is 15.6 Å². The van der Waals surface area contributed by atoms with Gasteiger partial charge in [0.25, 0.3) is 0 Å². The molecule has 0 aromatic heterocycles. The highest BCUT2D eigenvalue weighted by molar-refractivity contribution is 7.91. The Balaban J connectivity index is 2.08. The molecule has 158 valence electrons. The van der Waals surface area contributed by atoms with Crippen LogP contribution in [0.2, 0.25) is 10.0 Å². The summed E-state index contributed by atoms with van der Waals surface area (Å²) in [6.07, 6.45) is 0. The van der Waals surface area contributed by atoms with Crippen molar-refractivity contribution in [2.45, 2.75) is 17.9 Å². The highest BCUT2D eigenvalue weighted by atomic mass is 35.5. The summed E-state index contributed by atoms with van der Waals surface area (Å²) in [6.45, 7) is 1.72. The summed E-state index contributed by atoms with van der Waals surface area (Å²) < 4.78 is 31.0. The number of hydrogen-bond donors (Lipinski definition) is 2. The van der Waals surface area contributed by atoms with Crippen molar-refractivity contribution in [3.8, 4) is 0 Å². The molecule has 0 unspecified atom stereocenters. The van der Waals surface area contributed by atoms with Gasteiger partial charge in [0, 0.05) is 15.7 Å². The molecule has 7 nitrogen and oxygen atoms in total. The minimum Gasteiger partial charge on any atom is -0.463 e. The molecule has 2 aromatic rings. The van der Waals surface area contributed by atoms with Gasteiger partial charge in [-0.05, 0) is 48.9 Å². The molecule has 2 aromatic carbocycles. The van der Waals surface area contributed by atoms with E-state index in [1.807, 2.05) is 0 Å². The number of halogens is 2. The quantitative estimate of drug-likeness (QED) is 0.630. The third kappa shape index (κ3) is 4.95. The van der Waals surface area contributed by atoms with Gasteiger partial charge in [-0.2, -0.15) is 0 Å². The van der Waals surface area contributed by atoms with E-state index in [1.54, 1.807) is 31.2 Å². The van der Waals surface area contributed by atoms with E-state index in [9.17, 15) is 18.0 Å². The SMILES string of the molecule is CCOC(=O)C1=C(CS(=O)(=O)c2ccc(Cl)cc2)NC(=O)N[C@@H]1c1ccc(Cl)cc1. The summed E-state index contributed by atoms with van der Waals surface area (Å²) in [5, 5.41) is 5.96. The topological polar surface area (TPSA) is 102 Å². The number of carbonyl (C=O) groups is 2. The Labute approximate surface area is 183 Å². The van der Waals surface area contributed by atoms with Crippen molar-refractivity contribution < 1.29 is 22.7 Å². The van der Waals surface area contributed by atoms with Crippen LogP contribution in [-0.2, 0) is 19.4 Å². The van der Waals surface area contributed by atoms with Crippen molar-refractivity contribution in [3.63, 3.8) is 0 Å². The standard InChI is InChI=1S/C20H18Cl2N2O5S/c1-2-29-19(25)17-16(11-30(27,28)15-9-7-14(22)8-10-15)23-20(26)24-18(17)12-3-5-13(21)6-4-12/h3-10,18H,2,11H2,1H3,(H2,23,24,26)/t18-/m1/s1. The lowest BCUT2D eigenvalue weighted by Crippen LogP contribution is -2.47. The van der Waals surface area contributed by atoms with Crippen molar-refractivity contribution in [1.82, 2.24) is 10.6 Å². The summed E-state index contributed by atoms with van der Waals surface area (Å²) >= 11 is 11.8. The predicted molar refractivity (Wildman–Crippen MR) is 113 cm³/mol. The second-order valence-corrected chi connectivity index (χ2v) is 9.27. The number of ether oxygens (including phenoxy) is 1. The number of nitrogens with one attached hydrogen (secondary N) is 2. The normalized spacial score (nSPS) is 16.6. The first kappa shape index (κ1) is 22.1. The van der Waals surface area contributed by atoms with Crippen LogP contribution in [0.3, 0.4) is 0 Å². The van der Waals surface area contributed by atoms with Gasteiger partial charge in [0.1, 0.15) is 0 Å². The number of benzene rings is 2. The number of hydrogen-bond acceptors (Lipinski definition) is 5. The second kappa shape index (κ2) is 9.07. The fraction of sp³-hybridized carbons (Fsp3) is 0.200. The maximum Gasteiger partial charge on any atom is 0.338 e. The number of sulfone groups is 1. The summed E-state index contributed by atoms with van der Waals surface area (Å²) in [7, 11) is -3.88. The van der Waals surface area contributed by atoms with Gasteiger partial charge in [0.2, 0.25) is 0 Å². The first-order valence-corrected chi connectivity index (χ1v) is 11.3. The van der Waals surface area contributed by atoms with Crippen LogP contribution in [0.5, 0.6) is 0 Å². The number of carbonyl (C=O) groups excluding carboxylic acids is 2. The molecule has 1 heterocycles. The summed E-state index contributed by atoms with van der Waals surface area (Å²) in [5.41, 5.74) is 0.516. The van der Waals surface area contributed by atoms with Crippen molar-refractivity contribution >= 4 is 45.0 Å². The van der Waals surface area contributed by atoms with Crippen LogP contribution in [0.15, 0.2) is 64.7 Å². The molecule has 0 bridgehead atoms. The van der Waals surface area contributed by atoms with E-state index in [0.717, 1.165) is 0 Å². The first-order valence-electron chi connectivity index (χ1n) is 8.92. The van der Waals surface area contributed by atoms with Gasteiger partial charge in [0.05, 0.1) is 28.9 Å². The largest absolute Gasteiger partial charge is 0.463 e. The number of rotatable bonds is 6. The van der Waals surface area contributed by atoms with Crippen molar-refractivity contribution in [2.24, 2.45) is 0 Å². The molecular formula is C20H18Cl2N2O5S. The Kier molecular flexibility index (Phi) is 6.70. The van der Waals surface area contributed by atoms with E-state index in [-0.39, 0.29) is 22.8 Å². The van der Waals surface area contributed by atoms with Gasteiger partial charge in [0.15, 0.2) is 9.84 Å². The molecule has 0 aliphatic carbocycles. The highest BCUT2D eigenvalue weighted by Gasteiger charge is 2.35. The summed E-state index contributed by atoms with van der Waals surface area (Å²) in [5.74, 6) is -1.33. The minimum atomic E-state index is -3.88. The van der Waals surface area contributed by atoms with E-state index >= 15 is 0 Å². The first-order chi connectivity index (χ1) is 14.2. The van der Waals surface area contributed by atoms with Crippen LogP contribution in [0, 0.1) is 0 Å². The van der Waals surface area contributed by atoms with Gasteiger partial charge < -0.3 is 15.4 Å². The second-order valence-electron chi connectivity index (χ2n) is 6.41. The fourth-order valence-corrected chi connectivity index (χ4v) is 4.58. The molecule has 0 saturated carbocycles. The smallest absolute Gasteiger partial charge is 0.338 e. The molecule has 0 radical (unpaired) electrons. The Bertz CT molecular complexity index is 1100. The monoisotopic (exact) mass is 468 g/mol. The van der Waals surface area contributed by atoms with Gasteiger partial charge in [-0.1, -0.05) is 35.3 Å². The van der Waals surface area contributed by atoms with Gasteiger partial charge in [-0.3, -0.25) is 0 Å². The number of esters is 1. The molecule has 0 spiro atoms. The molecule has 1 aliphatic heterocycles. The van der Waals surface area contributed by atoms with Crippen LogP contribution in [-0.4, -0.2) is 32.8 Å². The zero-order valence-corrected chi connectivity index (χ0v) is 18.1. The third-order valence-corrected chi connectivity index (χ3v) is 6.52. The van der Waals surface area contributed by atoms with Crippen LogP contribution in [0.1, 0.15) is 18.5 Å². The van der Waals surface area contributed by atoms with E-state index in [2.05, 4.69) is 10.6 Å². The molecule has 10 heteroatoms. The zero-order chi connectivity index (χ0) is 21.9. The Morgan fingerprint density at radius 2 is 1.60 bits per heavy atom. The third-order valence-electron chi connectivity index (χ3n) is 4.36. The number of amides is 2. The van der Waals surface area contributed by atoms with E-state index < -0.39 is 33.6 Å². The zero-order valence-electron chi connectivity index (χ0n) is 15.8. The molecule has 1 aliphatic rings. The molecule has 0 saturated heterocycles. The molecular weight excluding hydrogens is 451 g/mol. The van der Waals surface area contributed by atoms with Crippen LogP contribution >= 0.6 is 23.2 Å². The van der Waals surface area contributed by atoms with Crippen molar-refractivity contribution in [2.75, 3.05) is 12.4 Å². The van der Waals surface area contributed by atoms with E-state index in [4.69, 9.17) is 27.9 Å². The lowest BCUT2D eigenvalue weighted by atomic mass is 9.95. The molecule has 30 heavy (non-hydrogen) atoms. The molecule has 0 fully saturated rings. The van der Waals surface area contributed by atoms with Gasteiger partial charge in [-0.25, -0.2) is 18.0 Å². The minimum absolute atomic E-state index is 0.0105. The predicted octanol–water partition coefficient (Wildman–Crippen LogP) is 3.64. The lowest BCUT2D eigenvalue weighted by Gasteiger charge is -2.29. The maximum atomic E-state index is 12.9. The Morgan fingerprint density at radius 3 is 2.17 bits per heavy atom. The van der Waals surface area contributed by atoms with Crippen molar-refractivity contribution in [1.29, 1.82) is 0 Å². The maximum absolute atomic E-state index is 12.9. The molecule has 2 amide bonds. The van der Waals surface area contributed by atoms with Crippen LogP contribution in [0.4, 0.5) is 4.79 Å². The highest BCUT2D eigenvalue weighted by Crippen LogP contribution is 2.30. The van der Waals surface area contributed by atoms with Gasteiger partial charge in [-0.15, -0.1) is 0 Å². The van der Waals surface area contributed by atoms with E-state index in [1.165, 1.54) is 24.3 Å². The molecule has 3 rings (SSSR count). The van der Waals surface area contributed by atoms with Gasteiger partial charge >= 0.3 is 12.0 Å². The van der Waals surface area contributed by atoms with Crippen LogP contribution < -0.4 is 10.6 Å². The summed E-state index contributed by atoms with van der Waals surface area (Å²) in [6, 6.07) is 10.6. The lowest BCUT2D eigenvalue weighted by molar-refractivity contribution is -0.139. The molecule has 2 N–H and O–H groups in total.